The van der Waals surface area contributed by atoms with Crippen molar-refractivity contribution < 1.29 is 9.52 Å². The van der Waals surface area contributed by atoms with Crippen LogP contribution in [-0.2, 0) is 6.54 Å². The summed E-state index contributed by atoms with van der Waals surface area (Å²) in [4.78, 5) is 0. The highest BCUT2D eigenvalue weighted by Gasteiger charge is 2.03. The van der Waals surface area contributed by atoms with E-state index in [1.165, 1.54) is 0 Å². The number of hydrogen-bond donors (Lipinski definition) is 2. The first-order valence-electron chi connectivity index (χ1n) is 4.72. The number of aromatic hydroxyl groups is 1. The van der Waals surface area contributed by atoms with Crippen LogP contribution in [0.2, 0.25) is 0 Å². The average Bonchev–Trinajstić information content (AvgIpc) is 2.56. The van der Waals surface area contributed by atoms with Crippen LogP contribution < -0.4 is 5.32 Å². The van der Waals surface area contributed by atoms with E-state index in [1.54, 1.807) is 18.2 Å². The molecule has 1 aromatic heterocycles. The molecule has 0 aliphatic heterocycles. The van der Waals surface area contributed by atoms with Gasteiger partial charge in [0.15, 0.2) is 0 Å². The van der Waals surface area contributed by atoms with Gasteiger partial charge in [-0.25, -0.2) is 0 Å². The first-order valence-corrected chi connectivity index (χ1v) is 4.72. The van der Waals surface area contributed by atoms with E-state index in [-0.39, 0.29) is 5.75 Å². The van der Waals surface area contributed by atoms with Crippen LogP contribution in [0.3, 0.4) is 0 Å². The summed E-state index contributed by atoms with van der Waals surface area (Å²) in [6.45, 7) is 3.70. The van der Waals surface area contributed by atoms with E-state index in [2.05, 4.69) is 12.2 Å². The molecule has 0 spiro atoms. The third-order valence-corrected chi connectivity index (χ3v) is 2.10. The van der Waals surface area contributed by atoms with Gasteiger partial charge in [-0.05, 0) is 30.8 Å². The molecule has 0 aliphatic rings. The lowest BCUT2D eigenvalue weighted by molar-refractivity contribution is 0.475. The van der Waals surface area contributed by atoms with Gasteiger partial charge in [-0.1, -0.05) is 6.92 Å². The second-order valence-electron chi connectivity index (χ2n) is 3.22. The van der Waals surface area contributed by atoms with Crippen molar-refractivity contribution in [3.8, 4) is 5.75 Å². The molecule has 0 atom stereocenters. The molecule has 3 heteroatoms. The monoisotopic (exact) mass is 191 g/mol. The zero-order chi connectivity index (χ0) is 9.97. The Kier molecular flexibility index (Phi) is 2.41. The summed E-state index contributed by atoms with van der Waals surface area (Å²) >= 11 is 0. The molecule has 14 heavy (non-hydrogen) atoms. The minimum absolute atomic E-state index is 0.272. The van der Waals surface area contributed by atoms with Crippen molar-refractivity contribution >= 4 is 11.0 Å². The molecule has 0 radical (unpaired) electrons. The Hall–Kier alpha value is -1.48. The van der Waals surface area contributed by atoms with Crippen LogP contribution >= 0.6 is 0 Å². The number of rotatable bonds is 3. The van der Waals surface area contributed by atoms with Crippen LogP contribution in [0.25, 0.3) is 11.0 Å². The van der Waals surface area contributed by atoms with Gasteiger partial charge in [0.05, 0.1) is 6.54 Å². The molecular weight excluding hydrogens is 178 g/mol. The van der Waals surface area contributed by atoms with Crippen LogP contribution in [0.15, 0.2) is 28.7 Å². The molecule has 0 aliphatic carbocycles. The maximum absolute atomic E-state index is 9.26. The van der Waals surface area contributed by atoms with Gasteiger partial charge in [0.2, 0.25) is 0 Å². The lowest BCUT2D eigenvalue weighted by Crippen LogP contribution is -2.10. The summed E-state index contributed by atoms with van der Waals surface area (Å²) in [5, 5.41) is 13.4. The Bertz CT molecular complexity index is 434. The Morgan fingerprint density at radius 2 is 2.21 bits per heavy atom. The molecule has 0 amide bonds. The van der Waals surface area contributed by atoms with Gasteiger partial charge in [0.25, 0.3) is 0 Å². The molecule has 0 unspecified atom stereocenters. The van der Waals surface area contributed by atoms with Crippen molar-refractivity contribution in [1.29, 1.82) is 0 Å². The lowest BCUT2D eigenvalue weighted by Gasteiger charge is -1.94. The third kappa shape index (κ3) is 1.72. The molecule has 0 saturated carbocycles. The molecule has 74 valence electrons. The second-order valence-corrected chi connectivity index (χ2v) is 3.22. The molecule has 2 N–H and O–H groups in total. The lowest BCUT2D eigenvalue weighted by atomic mass is 10.2. The normalized spacial score (nSPS) is 10.9. The van der Waals surface area contributed by atoms with Crippen molar-refractivity contribution in [3.63, 3.8) is 0 Å². The van der Waals surface area contributed by atoms with Crippen molar-refractivity contribution in [2.24, 2.45) is 0 Å². The minimum atomic E-state index is 0.272. The van der Waals surface area contributed by atoms with E-state index in [0.29, 0.717) is 0 Å². The van der Waals surface area contributed by atoms with Crippen molar-refractivity contribution in [2.45, 2.75) is 13.5 Å². The van der Waals surface area contributed by atoms with E-state index in [9.17, 15) is 5.11 Å². The fourth-order valence-corrected chi connectivity index (χ4v) is 1.42. The molecule has 3 nitrogen and oxygen atoms in total. The summed E-state index contributed by atoms with van der Waals surface area (Å²) in [5.74, 6) is 1.17. The summed E-state index contributed by atoms with van der Waals surface area (Å²) in [7, 11) is 0. The summed E-state index contributed by atoms with van der Waals surface area (Å²) in [6, 6.07) is 7.05. The highest BCUT2D eigenvalue weighted by molar-refractivity contribution is 5.79. The van der Waals surface area contributed by atoms with Gasteiger partial charge >= 0.3 is 0 Å². The minimum Gasteiger partial charge on any atom is -0.508 e. The first-order chi connectivity index (χ1) is 6.79. The quantitative estimate of drug-likeness (QED) is 0.782. The summed E-state index contributed by atoms with van der Waals surface area (Å²) in [5.41, 5.74) is 0.815. The summed E-state index contributed by atoms with van der Waals surface area (Å²) < 4.78 is 5.55. The number of fused-ring (bicyclic) bond motifs is 1. The van der Waals surface area contributed by atoms with Gasteiger partial charge in [-0.3, -0.25) is 0 Å². The van der Waals surface area contributed by atoms with Crippen LogP contribution in [0.1, 0.15) is 12.7 Å². The van der Waals surface area contributed by atoms with Crippen LogP contribution in [0.5, 0.6) is 5.75 Å². The predicted octanol–water partition coefficient (Wildman–Crippen LogP) is 2.25. The Morgan fingerprint density at radius 3 is 3.00 bits per heavy atom. The SMILES string of the molecule is CCNCc1cc2cc(O)ccc2o1. The zero-order valence-corrected chi connectivity index (χ0v) is 8.08. The molecule has 0 bridgehead atoms. The molecule has 1 aromatic carbocycles. The number of phenols is 1. The highest BCUT2D eigenvalue weighted by Crippen LogP contribution is 2.23. The summed E-state index contributed by atoms with van der Waals surface area (Å²) in [6.07, 6.45) is 0. The van der Waals surface area contributed by atoms with Crippen molar-refractivity contribution in [2.75, 3.05) is 6.54 Å². The van der Waals surface area contributed by atoms with E-state index in [0.717, 1.165) is 29.8 Å². The number of hydrogen-bond acceptors (Lipinski definition) is 3. The topological polar surface area (TPSA) is 45.4 Å². The molecule has 1 heterocycles. The third-order valence-electron chi connectivity index (χ3n) is 2.10. The highest BCUT2D eigenvalue weighted by atomic mass is 16.3. The van der Waals surface area contributed by atoms with Gasteiger partial charge in [0, 0.05) is 5.39 Å². The predicted molar refractivity (Wildman–Crippen MR) is 55.3 cm³/mol. The fraction of sp³-hybridized carbons (Fsp3) is 0.273. The van der Waals surface area contributed by atoms with Crippen LogP contribution in [0.4, 0.5) is 0 Å². The Labute approximate surface area is 82.3 Å². The molecule has 2 aromatic rings. The van der Waals surface area contributed by atoms with E-state index in [1.807, 2.05) is 6.07 Å². The maximum atomic E-state index is 9.26. The van der Waals surface area contributed by atoms with Crippen LogP contribution in [0, 0.1) is 0 Å². The first kappa shape index (κ1) is 9.09. The van der Waals surface area contributed by atoms with E-state index >= 15 is 0 Å². The number of phenolic OH excluding ortho intramolecular Hbond substituents is 1. The largest absolute Gasteiger partial charge is 0.508 e. The van der Waals surface area contributed by atoms with Crippen molar-refractivity contribution in [3.05, 3.63) is 30.0 Å². The molecule has 2 rings (SSSR count). The van der Waals surface area contributed by atoms with Crippen molar-refractivity contribution in [1.82, 2.24) is 5.32 Å². The van der Waals surface area contributed by atoms with Gasteiger partial charge < -0.3 is 14.8 Å². The zero-order valence-electron chi connectivity index (χ0n) is 8.08. The fourth-order valence-electron chi connectivity index (χ4n) is 1.42. The van der Waals surface area contributed by atoms with Gasteiger partial charge in [-0.15, -0.1) is 0 Å². The van der Waals surface area contributed by atoms with Gasteiger partial charge in [0.1, 0.15) is 17.1 Å². The van der Waals surface area contributed by atoms with E-state index in [4.69, 9.17) is 4.42 Å². The van der Waals surface area contributed by atoms with Crippen LogP contribution in [-0.4, -0.2) is 11.7 Å². The Balaban J connectivity index is 2.32. The number of nitrogens with one attached hydrogen (secondary N) is 1. The average molecular weight is 191 g/mol. The van der Waals surface area contributed by atoms with Gasteiger partial charge in [-0.2, -0.15) is 0 Å². The smallest absolute Gasteiger partial charge is 0.134 e. The number of benzene rings is 1. The molecular formula is C11H13NO2. The standard InChI is InChI=1S/C11H13NO2/c1-2-12-7-10-6-8-5-9(13)3-4-11(8)14-10/h3-6,12-13H,2,7H2,1H3. The Morgan fingerprint density at radius 1 is 1.36 bits per heavy atom. The molecule has 0 fully saturated rings. The van der Waals surface area contributed by atoms with E-state index < -0.39 is 0 Å². The maximum Gasteiger partial charge on any atom is 0.134 e. The molecule has 0 saturated heterocycles. The number of furan rings is 1. The second kappa shape index (κ2) is 3.72.